The second-order valence-corrected chi connectivity index (χ2v) is 8.99. The summed E-state index contributed by atoms with van der Waals surface area (Å²) in [4.78, 5) is 28.7. The summed E-state index contributed by atoms with van der Waals surface area (Å²) in [6.45, 7) is 18.3. The first kappa shape index (κ1) is 22.2. The van der Waals surface area contributed by atoms with E-state index in [1.165, 1.54) is 0 Å². The number of nitrogens with zero attached hydrogens (tertiary/aromatic N) is 1. The van der Waals surface area contributed by atoms with Gasteiger partial charge in [0.2, 0.25) is 0 Å². The molecule has 0 spiro atoms. The number of esters is 2. The van der Waals surface area contributed by atoms with Gasteiger partial charge >= 0.3 is 17.5 Å². The molecule has 1 aromatic rings. The van der Waals surface area contributed by atoms with Crippen molar-refractivity contribution in [2.24, 2.45) is 0 Å². The Bertz CT molecular complexity index is 710. The van der Waals surface area contributed by atoms with Gasteiger partial charge in [-0.1, -0.05) is 28.1 Å². The molecule has 1 unspecified atom stereocenters. The van der Waals surface area contributed by atoms with E-state index < -0.39 is 28.7 Å². The van der Waals surface area contributed by atoms with Crippen LogP contribution in [0.2, 0.25) is 0 Å². The second-order valence-electron chi connectivity index (χ2n) is 8.07. The SMILES string of the molecule is [C-]#[N+]C(CCC(=O)OC(C)(C)C)(C(=O)OC(C)(C)C)c1cccc(Br)c1. The van der Waals surface area contributed by atoms with E-state index in [2.05, 4.69) is 20.8 Å². The summed E-state index contributed by atoms with van der Waals surface area (Å²) < 4.78 is 11.6. The van der Waals surface area contributed by atoms with Gasteiger partial charge in [0.05, 0.1) is 12.8 Å². The minimum atomic E-state index is -1.60. The Hall–Kier alpha value is -1.87. The summed E-state index contributed by atoms with van der Waals surface area (Å²) in [5, 5.41) is 0. The van der Waals surface area contributed by atoms with Gasteiger partial charge in [-0.05, 0) is 53.7 Å². The van der Waals surface area contributed by atoms with Crippen LogP contribution in [-0.2, 0) is 24.6 Å². The molecule has 142 valence electrons. The van der Waals surface area contributed by atoms with Crippen molar-refractivity contribution in [1.82, 2.24) is 0 Å². The molecule has 0 N–H and O–H groups in total. The van der Waals surface area contributed by atoms with E-state index in [1.54, 1.807) is 65.8 Å². The lowest BCUT2D eigenvalue weighted by Crippen LogP contribution is -2.39. The number of rotatable bonds is 5. The molecule has 0 fully saturated rings. The molecular weight excluding hydrogens is 398 g/mol. The van der Waals surface area contributed by atoms with Crippen LogP contribution in [0.15, 0.2) is 28.7 Å². The summed E-state index contributed by atoms with van der Waals surface area (Å²) in [5.74, 6) is -1.12. The predicted molar refractivity (Wildman–Crippen MR) is 103 cm³/mol. The monoisotopic (exact) mass is 423 g/mol. The molecule has 0 saturated heterocycles. The van der Waals surface area contributed by atoms with E-state index in [0.29, 0.717) is 5.56 Å². The molecule has 0 aliphatic rings. The van der Waals surface area contributed by atoms with Crippen molar-refractivity contribution in [2.45, 2.75) is 71.1 Å². The second kappa shape index (κ2) is 8.22. The number of halogens is 1. The van der Waals surface area contributed by atoms with Crippen LogP contribution in [0.3, 0.4) is 0 Å². The lowest BCUT2D eigenvalue weighted by molar-refractivity contribution is -0.161. The zero-order valence-corrected chi connectivity index (χ0v) is 17.8. The van der Waals surface area contributed by atoms with Crippen LogP contribution in [0.1, 0.15) is 59.9 Å². The molecule has 0 heterocycles. The lowest BCUT2D eigenvalue weighted by Gasteiger charge is -2.27. The van der Waals surface area contributed by atoms with Gasteiger partial charge < -0.3 is 9.47 Å². The van der Waals surface area contributed by atoms with E-state index in [0.717, 1.165) is 4.47 Å². The Morgan fingerprint density at radius 3 is 2.12 bits per heavy atom. The normalized spacial score (nSPS) is 14.1. The molecular formula is C20H26BrNO4. The zero-order chi connectivity index (χ0) is 20.2. The van der Waals surface area contributed by atoms with Crippen molar-refractivity contribution in [1.29, 1.82) is 0 Å². The summed E-state index contributed by atoms with van der Waals surface area (Å²) >= 11 is 3.37. The van der Waals surface area contributed by atoms with Crippen LogP contribution in [-0.4, -0.2) is 23.1 Å². The molecule has 0 aromatic heterocycles. The van der Waals surface area contributed by atoms with Gasteiger partial charge in [0, 0.05) is 10.0 Å². The number of benzene rings is 1. The largest absolute Gasteiger partial charge is 0.460 e. The molecule has 0 radical (unpaired) electrons. The fraction of sp³-hybridized carbons (Fsp3) is 0.550. The minimum Gasteiger partial charge on any atom is -0.460 e. The van der Waals surface area contributed by atoms with Crippen LogP contribution in [0, 0.1) is 6.57 Å². The predicted octanol–water partition coefficient (Wildman–Crippen LogP) is 5.03. The van der Waals surface area contributed by atoms with Crippen molar-refractivity contribution in [3.8, 4) is 0 Å². The Morgan fingerprint density at radius 1 is 1.08 bits per heavy atom. The van der Waals surface area contributed by atoms with E-state index in [1.807, 2.05) is 0 Å². The summed E-state index contributed by atoms with van der Waals surface area (Å²) in [6, 6.07) is 6.96. The highest BCUT2D eigenvalue weighted by atomic mass is 79.9. The van der Waals surface area contributed by atoms with Crippen LogP contribution < -0.4 is 0 Å². The minimum absolute atomic E-state index is 0.0171. The van der Waals surface area contributed by atoms with E-state index in [9.17, 15) is 9.59 Å². The molecule has 0 bridgehead atoms. The summed E-state index contributed by atoms with van der Waals surface area (Å²) in [6.07, 6.45) is -0.0812. The van der Waals surface area contributed by atoms with Crippen molar-refractivity contribution >= 4 is 27.9 Å². The van der Waals surface area contributed by atoms with Crippen molar-refractivity contribution in [3.05, 3.63) is 45.7 Å². The fourth-order valence-corrected chi connectivity index (χ4v) is 2.71. The maximum atomic E-state index is 12.9. The standard InChI is InChI=1S/C20H26BrNO4/c1-18(2,3)25-16(23)11-12-20(22-7,17(24)26-19(4,5)6)14-9-8-10-15(21)13-14/h8-10,13H,11-12H2,1-6H3. The van der Waals surface area contributed by atoms with E-state index in [-0.39, 0.29) is 12.8 Å². The lowest BCUT2D eigenvalue weighted by atomic mass is 9.86. The average molecular weight is 424 g/mol. The van der Waals surface area contributed by atoms with Gasteiger partial charge in [0.15, 0.2) is 0 Å². The number of hydrogen-bond acceptors (Lipinski definition) is 4. The van der Waals surface area contributed by atoms with Gasteiger partial charge in [-0.15, -0.1) is 0 Å². The average Bonchev–Trinajstić information content (AvgIpc) is 2.44. The smallest absolute Gasteiger partial charge is 0.398 e. The Balaban J connectivity index is 3.22. The van der Waals surface area contributed by atoms with Crippen molar-refractivity contribution < 1.29 is 19.1 Å². The molecule has 5 nitrogen and oxygen atoms in total. The van der Waals surface area contributed by atoms with Gasteiger partial charge in [-0.25, -0.2) is 11.4 Å². The summed E-state index contributed by atoms with van der Waals surface area (Å²) in [5.41, 5.74) is -2.49. The highest BCUT2D eigenvalue weighted by Crippen LogP contribution is 2.36. The van der Waals surface area contributed by atoms with Crippen molar-refractivity contribution in [2.75, 3.05) is 0 Å². The summed E-state index contributed by atoms with van der Waals surface area (Å²) in [7, 11) is 0. The molecule has 26 heavy (non-hydrogen) atoms. The van der Waals surface area contributed by atoms with Gasteiger partial charge in [0.1, 0.15) is 11.2 Å². The first-order valence-electron chi connectivity index (χ1n) is 8.39. The maximum Gasteiger partial charge on any atom is 0.398 e. The first-order chi connectivity index (χ1) is 11.8. The third-order valence-corrected chi connectivity index (χ3v) is 3.83. The van der Waals surface area contributed by atoms with Crippen LogP contribution >= 0.6 is 15.9 Å². The fourth-order valence-electron chi connectivity index (χ4n) is 2.31. The van der Waals surface area contributed by atoms with E-state index in [4.69, 9.17) is 16.0 Å². The highest BCUT2D eigenvalue weighted by molar-refractivity contribution is 9.10. The molecule has 0 saturated carbocycles. The Kier molecular flexibility index (Phi) is 7.01. The van der Waals surface area contributed by atoms with Crippen LogP contribution in [0.25, 0.3) is 4.85 Å². The molecule has 0 aliphatic carbocycles. The molecule has 6 heteroatoms. The number of ether oxygens (including phenoxy) is 2. The zero-order valence-electron chi connectivity index (χ0n) is 16.2. The molecule has 0 amide bonds. The molecule has 1 rings (SSSR count). The number of carbonyl (C=O) groups is 2. The van der Waals surface area contributed by atoms with Gasteiger partial charge in [-0.3, -0.25) is 9.64 Å². The molecule has 1 atom stereocenters. The maximum absolute atomic E-state index is 12.9. The quantitative estimate of drug-likeness (QED) is 0.492. The molecule has 1 aromatic carbocycles. The van der Waals surface area contributed by atoms with Gasteiger partial charge in [-0.2, -0.15) is 0 Å². The van der Waals surface area contributed by atoms with E-state index >= 15 is 0 Å². The van der Waals surface area contributed by atoms with Gasteiger partial charge in [0.25, 0.3) is 0 Å². The Morgan fingerprint density at radius 2 is 1.65 bits per heavy atom. The van der Waals surface area contributed by atoms with Crippen LogP contribution in [0.5, 0.6) is 0 Å². The highest BCUT2D eigenvalue weighted by Gasteiger charge is 2.51. The van der Waals surface area contributed by atoms with Crippen LogP contribution in [0.4, 0.5) is 0 Å². The third kappa shape index (κ3) is 6.45. The van der Waals surface area contributed by atoms with Crippen molar-refractivity contribution in [3.63, 3.8) is 0 Å². The Labute approximate surface area is 164 Å². The molecule has 0 aliphatic heterocycles. The topological polar surface area (TPSA) is 57.0 Å². The number of hydrogen-bond donors (Lipinski definition) is 0. The number of carbonyl (C=O) groups excluding carboxylic acids is 2. The first-order valence-corrected chi connectivity index (χ1v) is 9.18. The third-order valence-electron chi connectivity index (χ3n) is 3.34.